The van der Waals surface area contributed by atoms with Crippen LogP contribution < -0.4 is 10.2 Å². The molecule has 1 amide bonds. The fourth-order valence-corrected chi connectivity index (χ4v) is 8.46. The minimum absolute atomic E-state index is 0.00851. The van der Waals surface area contributed by atoms with Gasteiger partial charge in [0, 0.05) is 88.8 Å². The van der Waals surface area contributed by atoms with Crippen molar-refractivity contribution in [2.45, 2.75) is 97.2 Å². The summed E-state index contributed by atoms with van der Waals surface area (Å²) in [5, 5.41) is 3.59. The molecule has 1 aliphatic heterocycles. The summed E-state index contributed by atoms with van der Waals surface area (Å²) < 4.78 is 80.8. The fraction of sp³-hybridized carbons (Fsp3) is 0.422. The first-order chi connectivity index (χ1) is 28.9. The summed E-state index contributed by atoms with van der Waals surface area (Å²) in [6.07, 6.45) is 5.83. The van der Waals surface area contributed by atoms with Crippen LogP contribution in [0.15, 0.2) is 61.1 Å². The number of rotatable bonds is 13. The minimum atomic E-state index is -1.48. The zero-order chi connectivity index (χ0) is 43.8. The number of imidazole rings is 1. The number of fused-ring (bicyclic) bond motifs is 2. The Labute approximate surface area is 354 Å². The predicted molar refractivity (Wildman–Crippen MR) is 231 cm³/mol. The number of hydrogen-bond donors (Lipinski definition) is 1. The number of anilines is 1. The van der Waals surface area contributed by atoms with Crippen LogP contribution in [0.3, 0.4) is 0 Å². The van der Waals surface area contributed by atoms with E-state index in [1.165, 1.54) is 12.1 Å². The molecule has 4 aromatic heterocycles. The van der Waals surface area contributed by atoms with Crippen molar-refractivity contribution in [2.24, 2.45) is 0 Å². The predicted octanol–water partition coefficient (Wildman–Crippen LogP) is 10.2. The molecule has 0 aliphatic carbocycles. The molecule has 1 N–H and O–H groups in total. The number of benzene rings is 2. The Morgan fingerprint density at radius 3 is 2.30 bits per heavy atom. The molecular formula is C45H53F4N7O4Si. The lowest BCUT2D eigenvalue weighted by atomic mass is 9.98. The number of pyridine rings is 2. The van der Waals surface area contributed by atoms with Crippen molar-refractivity contribution >= 4 is 41.9 Å². The average molecular weight is 860 g/mol. The van der Waals surface area contributed by atoms with Gasteiger partial charge in [0.15, 0.2) is 11.6 Å². The molecule has 324 valence electrons. The van der Waals surface area contributed by atoms with Crippen LogP contribution in [0.1, 0.15) is 57.8 Å². The number of amides is 1. The maximum atomic E-state index is 15.0. The summed E-state index contributed by atoms with van der Waals surface area (Å²) in [5.41, 5.74) is 3.94. The molecule has 5 heterocycles. The molecule has 1 unspecified atom stereocenters. The first-order valence-corrected chi connectivity index (χ1v) is 24.2. The third-order valence-electron chi connectivity index (χ3n) is 10.8. The van der Waals surface area contributed by atoms with Gasteiger partial charge in [-0.25, -0.2) is 32.3 Å². The normalized spacial score (nSPS) is 14.6. The van der Waals surface area contributed by atoms with Gasteiger partial charge in [-0.15, -0.1) is 0 Å². The van der Waals surface area contributed by atoms with Crippen LogP contribution in [0, 0.1) is 23.3 Å². The van der Waals surface area contributed by atoms with Crippen LogP contribution in [-0.4, -0.2) is 76.7 Å². The van der Waals surface area contributed by atoms with Gasteiger partial charge in [-0.05, 0) is 75.9 Å². The number of carbonyl (C=O) groups is 1. The molecule has 1 saturated heterocycles. The molecule has 6 aromatic rings. The van der Waals surface area contributed by atoms with Crippen molar-refractivity contribution in [3.63, 3.8) is 0 Å². The summed E-state index contributed by atoms with van der Waals surface area (Å²) in [4.78, 5) is 29.6. The van der Waals surface area contributed by atoms with E-state index in [1.807, 2.05) is 29.8 Å². The number of nitrogens with one attached hydrogen (secondary N) is 1. The monoisotopic (exact) mass is 859 g/mol. The maximum absolute atomic E-state index is 15.0. The topological polar surface area (TPSA) is 109 Å². The van der Waals surface area contributed by atoms with Crippen LogP contribution in [0.2, 0.25) is 25.7 Å². The number of ether oxygens (including phenoxy) is 3. The zero-order valence-electron chi connectivity index (χ0n) is 35.9. The molecule has 16 heteroatoms. The van der Waals surface area contributed by atoms with E-state index in [1.54, 1.807) is 44.8 Å². The molecule has 1 atom stereocenters. The summed E-state index contributed by atoms with van der Waals surface area (Å²) >= 11 is 0. The summed E-state index contributed by atoms with van der Waals surface area (Å²) in [6.45, 7) is 15.9. The van der Waals surface area contributed by atoms with Crippen molar-refractivity contribution in [3.8, 4) is 22.5 Å². The van der Waals surface area contributed by atoms with Crippen LogP contribution >= 0.6 is 0 Å². The second-order valence-electron chi connectivity index (χ2n) is 17.9. The highest BCUT2D eigenvalue weighted by Gasteiger charge is 2.31. The SMILES string of the molecule is COCc1ccc(C(C)n2cc(-c3nc4cc(F)c(F)cc4n3COCC[Si](C)(C)C)c3c(N4CCC(NC(=O)OC(C)(C)C)CC4)c(-c4cc(F)cc(F)c4)cnc32)nc1. The molecule has 0 saturated carbocycles. The van der Waals surface area contributed by atoms with Gasteiger partial charge in [0.1, 0.15) is 35.4 Å². The molecule has 0 bridgehead atoms. The van der Waals surface area contributed by atoms with E-state index in [2.05, 4.69) is 29.9 Å². The Morgan fingerprint density at radius 1 is 0.951 bits per heavy atom. The molecule has 1 aliphatic rings. The number of hydrogen-bond acceptors (Lipinski definition) is 8. The van der Waals surface area contributed by atoms with Gasteiger partial charge in [0.25, 0.3) is 0 Å². The van der Waals surface area contributed by atoms with E-state index in [0.717, 1.165) is 35.5 Å². The number of alkyl carbamates (subject to hydrolysis) is 1. The van der Waals surface area contributed by atoms with Gasteiger partial charge in [-0.1, -0.05) is 25.7 Å². The molecule has 0 spiro atoms. The van der Waals surface area contributed by atoms with Gasteiger partial charge < -0.3 is 29.0 Å². The zero-order valence-corrected chi connectivity index (χ0v) is 36.9. The summed E-state index contributed by atoms with van der Waals surface area (Å²) in [5.74, 6) is -3.21. The van der Waals surface area contributed by atoms with Crippen molar-refractivity contribution in [2.75, 3.05) is 31.7 Å². The standard InChI is InChI=1S/C45H53F4N7O4Si/c1-27(37-10-9-28(22-50-37)25-58-5)55-24-34(42-53-38-20-35(48)36(49)21-39(38)56(42)26-59-15-16-61(6,7)8)40-41(33(23-51-43(40)55)29-17-30(46)19-31(47)18-29)54-13-11-32(12-14-54)52-44(57)60-45(2,3)4/h9-10,17-24,27,32H,11-16,25-26H2,1-8H3,(H,52,57). The lowest BCUT2D eigenvalue weighted by molar-refractivity contribution is 0.0497. The van der Waals surface area contributed by atoms with Gasteiger partial charge in [0.2, 0.25) is 0 Å². The maximum Gasteiger partial charge on any atom is 0.407 e. The van der Waals surface area contributed by atoms with E-state index in [9.17, 15) is 9.18 Å². The van der Waals surface area contributed by atoms with Crippen LogP contribution in [0.25, 0.3) is 44.6 Å². The van der Waals surface area contributed by atoms with Crippen molar-refractivity contribution < 1.29 is 36.6 Å². The number of methoxy groups -OCH3 is 1. The van der Waals surface area contributed by atoms with E-state index in [0.29, 0.717) is 78.3 Å². The van der Waals surface area contributed by atoms with Crippen LogP contribution in [0.4, 0.5) is 28.0 Å². The third-order valence-corrected chi connectivity index (χ3v) is 12.5. The second kappa shape index (κ2) is 17.6. The highest BCUT2D eigenvalue weighted by molar-refractivity contribution is 6.76. The van der Waals surface area contributed by atoms with Crippen LogP contribution in [0.5, 0.6) is 0 Å². The Bertz CT molecular complexity index is 2520. The highest BCUT2D eigenvalue weighted by Crippen LogP contribution is 2.45. The number of halogens is 4. The summed E-state index contributed by atoms with van der Waals surface area (Å²) in [7, 11) is 0.134. The quantitative estimate of drug-likeness (QED) is 0.0695. The Balaban J connectivity index is 1.45. The van der Waals surface area contributed by atoms with Gasteiger partial charge in [0.05, 0.1) is 40.4 Å². The van der Waals surface area contributed by atoms with Gasteiger partial charge in [-0.3, -0.25) is 9.55 Å². The first kappa shape index (κ1) is 43.8. The van der Waals surface area contributed by atoms with E-state index in [-0.39, 0.29) is 23.9 Å². The van der Waals surface area contributed by atoms with Gasteiger partial charge in [-0.2, -0.15) is 0 Å². The lowest BCUT2D eigenvalue weighted by Gasteiger charge is -2.36. The highest BCUT2D eigenvalue weighted by atomic mass is 28.3. The van der Waals surface area contributed by atoms with Crippen molar-refractivity contribution in [3.05, 3.63) is 95.6 Å². The lowest BCUT2D eigenvalue weighted by Crippen LogP contribution is -2.46. The largest absolute Gasteiger partial charge is 0.444 e. The fourth-order valence-electron chi connectivity index (χ4n) is 7.70. The Morgan fingerprint density at radius 2 is 1.66 bits per heavy atom. The number of carbonyl (C=O) groups excluding carboxylic acids is 1. The smallest absolute Gasteiger partial charge is 0.407 e. The molecule has 1 fully saturated rings. The molecule has 7 rings (SSSR count). The Kier molecular flexibility index (Phi) is 12.6. The Hall–Kier alpha value is -5.32. The number of piperidine rings is 1. The summed E-state index contributed by atoms with van der Waals surface area (Å²) in [6, 6.07) is 9.71. The number of nitrogens with zero attached hydrogens (tertiary/aromatic N) is 6. The molecule has 11 nitrogen and oxygen atoms in total. The first-order valence-electron chi connectivity index (χ1n) is 20.5. The number of aromatic nitrogens is 5. The van der Waals surface area contributed by atoms with E-state index in [4.69, 9.17) is 29.2 Å². The molecular weight excluding hydrogens is 807 g/mol. The third kappa shape index (κ3) is 9.92. The van der Waals surface area contributed by atoms with E-state index >= 15 is 13.2 Å². The average Bonchev–Trinajstić information content (AvgIpc) is 3.73. The van der Waals surface area contributed by atoms with Crippen LogP contribution in [-0.2, 0) is 27.5 Å². The van der Waals surface area contributed by atoms with Crippen molar-refractivity contribution in [1.82, 2.24) is 29.4 Å². The molecule has 0 radical (unpaired) electrons. The van der Waals surface area contributed by atoms with Crippen molar-refractivity contribution in [1.29, 1.82) is 0 Å². The van der Waals surface area contributed by atoms with E-state index < -0.39 is 49.1 Å². The second-order valence-corrected chi connectivity index (χ2v) is 23.5. The minimum Gasteiger partial charge on any atom is -0.444 e. The molecule has 61 heavy (non-hydrogen) atoms. The molecule has 2 aromatic carbocycles. The van der Waals surface area contributed by atoms with Gasteiger partial charge >= 0.3 is 6.09 Å².